The molecule has 6 atom stereocenters. The Morgan fingerprint density at radius 1 is 1.21 bits per heavy atom. The number of aliphatic hydroxyl groups is 1. The smallest absolute Gasteiger partial charge is 0.233 e. The van der Waals surface area contributed by atoms with Crippen molar-refractivity contribution >= 4 is 23.2 Å². The fourth-order valence-electron chi connectivity index (χ4n) is 5.36. The lowest BCUT2D eigenvalue weighted by atomic mass is 9.65. The predicted molar refractivity (Wildman–Crippen MR) is 106 cm³/mol. The third kappa shape index (κ3) is 2.83. The Hall–Kier alpha value is -2.22. The first kappa shape index (κ1) is 18.8. The quantitative estimate of drug-likeness (QED) is 0.756. The highest BCUT2D eigenvalue weighted by Crippen LogP contribution is 2.58. The summed E-state index contributed by atoms with van der Waals surface area (Å²) in [7, 11) is 0. The minimum atomic E-state index is -1.45. The minimum absolute atomic E-state index is 0.133. The van der Waals surface area contributed by atoms with Gasteiger partial charge in [-0.1, -0.05) is 25.1 Å². The molecule has 1 aliphatic carbocycles. The van der Waals surface area contributed by atoms with E-state index in [0.29, 0.717) is 19.4 Å². The molecule has 0 radical (unpaired) electrons. The molecule has 2 aromatic rings. The second-order valence-corrected chi connectivity index (χ2v) is 9.44. The molecule has 0 unspecified atom stereocenters. The van der Waals surface area contributed by atoms with Crippen molar-refractivity contribution in [2.75, 3.05) is 0 Å². The van der Waals surface area contributed by atoms with Gasteiger partial charge >= 0.3 is 0 Å². The van der Waals surface area contributed by atoms with Gasteiger partial charge in [0.25, 0.3) is 0 Å². The number of carbonyl (C=O) groups is 2. The topological polar surface area (TPSA) is 87.1 Å². The van der Waals surface area contributed by atoms with Gasteiger partial charge in [0.2, 0.25) is 11.8 Å². The van der Waals surface area contributed by atoms with Crippen LogP contribution in [0.5, 0.6) is 5.75 Å². The Bertz CT molecular complexity index is 960. The summed E-state index contributed by atoms with van der Waals surface area (Å²) < 4.78 is 6.10. The lowest BCUT2D eigenvalue weighted by Crippen LogP contribution is -2.52. The fraction of sp³-hybridized carbons (Fsp3) is 0.455. The molecule has 0 spiro atoms. The number of likely N-dealkylation sites (tertiary alicyclic amines) is 1. The van der Waals surface area contributed by atoms with Gasteiger partial charge in [0.15, 0.2) is 5.79 Å². The molecular formula is C22H23NO5S. The van der Waals surface area contributed by atoms with Crippen molar-refractivity contribution in [3.05, 3.63) is 52.2 Å². The van der Waals surface area contributed by atoms with Gasteiger partial charge in [-0.3, -0.25) is 14.5 Å². The van der Waals surface area contributed by atoms with E-state index < -0.39 is 29.6 Å². The van der Waals surface area contributed by atoms with Crippen LogP contribution in [0.15, 0.2) is 41.8 Å². The second kappa shape index (κ2) is 6.65. The summed E-state index contributed by atoms with van der Waals surface area (Å²) in [6.07, 6.45) is 0.445. The first-order chi connectivity index (χ1) is 13.9. The van der Waals surface area contributed by atoms with E-state index >= 15 is 0 Å². The number of rotatable bonds is 3. The van der Waals surface area contributed by atoms with Crippen LogP contribution in [0.1, 0.15) is 36.3 Å². The van der Waals surface area contributed by atoms with Gasteiger partial charge in [0.1, 0.15) is 5.75 Å². The summed E-state index contributed by atoms with van der Waals surface area (Å²) in [5.41, 5.74) is 0.767. The number of hydrogen-bond donors (Lipinski definition) is 2. The third-order valence-electron chi connectivity index (χ3n) is 6.78. The van der Waals surface area contributed by atoms with E-state index in [0.717, 1.165) is 10.4 Å². The van der Waals surface area contributed by atoms with Crippen LogP contribution < -0.4 is 0 Å². The first-order valence-electron chi connectivity index (χ1n) is 9.95. The van der Waals surface area contributed by atoms with Gasteiger partial charge in [0, 0.05) is 16.7 Å². The number of nitrogens with zero attached hydrogens (tertiary/aromatic N) is 1. The van der Waals surface area contributed by atoms with Crippen molar-refractivity contribution in [1.29, 1.82) is 0 Å². The van der Waals surface area contributed by atoms with E-state index in [-0.39, 0.29) is 23.5 Å². The molecule has 3 aliphatic rings. The molecule has 6 nitrogen and oxygen atoms in total. The van der Waals surface area contributed by atoms with Gasteiger partial charge < -0.3 is 14.9 Å². The van der Waals surface area contributed by atoms with Crippen molar-refractivity contribution in [1.82, 2.24) is 4.90 Å². The Morgan fingerprint density at radius 2 is 2.03 bits per heavy atom. The number of thiophene rings is 1. The van der Waals surface area contributed by atoms with E-state index in [4.69, 9.17) is 4.74 Å². The maximum Gasteiger partial charge on any atom is 0.233 e. The summed E-state index contributed by atoms with van der Waals surface area (Å²) >= 11 is 1.52. The Kier molecular flexibility index (Phi) is 4.31. The van der Waals surface area contributed by atoms with Gasteiger partial charge in [-0.05, 0) is 42.0 Å². The molecule has 152 valence electrons. The average Bonchev–Trinajstić information content (AvgIpc) is 3.38. The molecule has 2 aliphatic heterocycles. The summed E-state index contributed by atoms with van der Waals surface area (Å²) in [6.45, 7) is 2.17. The molecule has 0 bridgehead atoms. The Labute approximate surface area is 172 Å². The molecule has 29 heavy (non-hydrogen) atoms. The predicted octanol–water partition coefficient (Wildman–Crippen LogP) is 3.06. The number of benzene rings is 1. The zero-order valence-corrected chi connectivity index (χ0v) is 16.8. The van der Waals surface area contributed by atoms with Crippen LogP contribution in [0.3, 0.4) is 0 Å². The molecule has 5 rings (SSSR count). The summed E-state index contributed by atoms with van der Waals surface area (Å²) in [5, 5.41) is 23.1. The van der Waals surface area contributed by atoms with Crippen LogP contribution in [0.4, 0.5) is 0 Å². The van der Waals surface area contributed by atoms with E-state index in [2.05, 4.69) is 0 Å². The number of hydrogen-bond acceptors (Lipinski definition) is 6. The first-order valence-corrected chi connectivity index (χ1v) is 10.8. The monoisotopic (exact) mass is 413 g/mol. The highest BCUT2D eigenvalue weighted by Gasteiger charge is 2.65. The highest BCUT2D eigenvalue weighted by molar-refractivity contribution is 7.09. The van der Waals surface area contributed by atoms with E-state index in [9.17, 15) is 19.8 Å². The summed E-state index contributed by atoms with van der Waals surface area (Å²) in [5.74, 6) is -3.35. The lowest BCUT2D eigenvalue weighted by Gasteiger charge is -2.43. The SMILES string of the molecule is C[C@H]1C[C@@H]2C(=O)N(Cc3cccs3)C(=O)[C@@H]2[C@@H]2C[C@@H](c3cccc(O)c3)O[C@]12O. The summed E-state index contributed by atoms with van der Waals surface area (Å²) in [6, 6.07) is 10.6. The van der Waals surface area contributed by atoms with Crippen LogP contribution in [-0.2, 0) is 20.9 Å². The molecule has 3 fully saturated rings. The van der Waals surface area contributed by atoms with E-state index in [1.165, 1.54) is 16.2 Å². The van der Waals surface area contributed by atoms with Crippen LogP contribution in [0, 0.1) is 23.7 Å². The number of phenolic OH excluding ortho intramolecular Hbond substituents is 1. The normalized spacial score (nSPS) is 36.3. The Balaban J connectivity index is 1.46. The largest absolute Gasteiger partial charge is 0.508 e. The van der Waals surface area contributed by atoms with Gasteiger partial charge in [-0.2, -0.15) is 0 Å². The van der Waals surface area contributed by atoms with Gasteiger partial charge in [0.05, 0.1) is 24.5 Å². The molecule has 1 aromatic heterocycles. The molecule has 2 N–H and O–H groups in total. The Morgan fingerprint density at radius 3 is 2.76 bits per heavy atom. The zero-order valence-electron chi connectivity index (χ0n) is 16.0. The molecule has 1 aromatic carbocycles. The van der Waals surface area contributed by atoms with Crippen molar-refractivity contribution in [3.63, 3.8) is 0 Å². The molecule has 2 amide bonds. The van der Waals surface area contributed by atoms with E-state index in [1.807, 2.05) is 30.5 Å². The molecular weight excluding hydrogens is 390 g/mol. The number of imide groups is 1. The number of ether oxygens (including phenoxy) is 1. The van der Waals surface area contributed by atoms with E-state index in [1.54, 1.807) is 18.2 Å². The second-order valence-electron chi connectivity index (χ2n) is 8.41. The number of fused-ring (bicyclic) bond motifs is 3. The van der Waals surface area contributed by atoms with Crippen LogP contribution in [0.25, 0.3) is 0 Å². The maximum absolute atomic E-state index is 13.3. The van der Waals surface area contributed by atoms with Crippen molar-refractivity contribution in [3.8, 4) is 5.75 Å². The van der Waals surface area contributed by atoms with Crippen molar-refractivity contribution in [2.45, 2.75) is 38.2 Å². The lowest BCUT2D eigenvalue weighted by molar-refractivity contribution is -0.265. The van der Waals surface area contributed by atoms with Crippen LogP contribution in [-0.4, -0.2) is 32.7 Å². The van der Waals surface area contributed by atoms with Crippen molar-refractivity contribution in [2.24, 2.45) is 23.7 Å². The zero-order chi connectivity index (χ0) is 20.3. The number of carbonyl (C=O) groups excluding carboxylic acids is 2. The standard InChI is InChI=1S/C22H23NO5S/c1-12-8-16-19(21(26)23(20(16)25)11-15-6-3-7-29-15)17-10-18(28-22(12,17)27)13-4-2-5-14(24)9-13/h2-7,9,12,16-19,24,27H,8,10-11H2,1H3/t12-,16-,17-,18-,19-,22+/m0/s1. The van der Waals surface area contributed by atoms with Crippen molar-refractivity contribution < 1.29 is 24.5 Å². The third-order valence-corrected chi connectivity index (χ3v) is 7.64. The highest BCUT2D eigenvalue weighted by atomic mass is 32.1. The fourth-order valence-corrected chi connectivity index (χ4v) is 6.05. The molecule has 1 saturated carbocycles. The van der Waals surface area contributed by atoms with Crippen LogP contribution in [0.2, 0.25) is 0 Å². The van der Waals surface area contributed by atoms with Gasteiger partial charge in [-0.15, -0.1) is 11.3 Å². The van der Waals surface area contributed by atoms with Crippen LogP contribution >= 0.6 is 11.3 Å². The number of amides is 2. The number of phenols is 1. The molecule has 3 heterocycles. The minimum Gasteiger partial charge on any atom is -0.508 e. The maximum atomic E-state index is 13.3. The molecule has 7 heteroatoms. The van der Waals surface area contributed by atoms with Gasteiger partial charge in [-0.25, -0.2) is 0 Å². The molecule has 2 saturated heterocycles. The average molecular weight is 413 g/mol. The summed E-state index contributed by atoms with van der Waals surface area (Å²) in [4.78, 5) is 28.7. The number of aromatic hydroxyl groups is 1.